The van der Waals surface area contributed by atoms with Crippen molar-refractivity contribution in [1.29, 1.82) is 0 Å². The van der Waals surface area contributed by atoms with Gasteiger partial charge in [0.15, 0.2) is 0 Å². The summed E-state index contributed by atoms with van der Waals surface area (Å²) in [6, 6.07) is 9.69. The number of nitrogens with zero attached hydrogens (tertiary/aromatic N) is 3. The lowest BCUT2D eigenvalue weighted by Gasteiger charge is -2.09. The third kappa shape index (κ3) is 2.87. The molecule has 0 radical (unpaired) electrons. The molecule has 0 aliphatic rings. The van der Waals surface area contributed by atoms with Gasteiger partial charge in [0, 0.05) is 36.4 Å². The number of aryl methyl sites for hydroxylation is 1. The molecule has 2 heterocycles. The van der Waals surface area contributed by atoms with E-state index in [4.69, 9.17) is 0 Å². The average Bonchev–Trinajstić information content (AvgIpc) is 3.07. The predicted octanol–water partition coefficient (Wildman–Crippen LogP) is 2.60. The zero-order chi connectivity index (χ0) is 15.5. The van der Waals surface area contributed by atoms with Gasteiger partial charge < -0.3 is 9.88 Å². The second-order valence-electron chi connectivity index (χ2n) is 5.04. The predicted molar refractivity (Wildman–Crippen MR) is 88.5 cm³/mol. The number of nitrogens with one attached hydrogen (secondary N) is 1. The van der Waals surface area contributed by atoms with Gasteiger partial charge in [-0.1, -0.05) is 12.1 Å². The van der Waals surface area contributed by atoms with Crippen LogP contribution in [0.2, 0.25) is 0 Å². The summed E-state index contributed by atoms with van der Waals surface area (Å²) in [6.45, 7) is 3.27. The van der Waals surface area contributed by atoms with Crippen LogP contribution in [0.1, 0.15) is 16.1 Å². The van der Waals surface area contributed by atoms with Crippen LogP contribution in [-0.4, -0.2) is 32.9 Å². The van der Waals surface area contributed by atoms with Crippen molar-refractivity contribution in [2.75, 3.05) is 12.8 Å². The highest BCUT2D eigenvalue weighted by Gasteiger charge is 2.10. The highest BCUT2D eigenvalue weighted by atomic mass is 32.2. The molecule has 22 heavy (non-hydrogen) atoms. The SMILES string of the molecule is CSc1ccccc1C(=O)NCCn1ccn2nc(C)cc12. The van der Waals surface area contributed by atoms with Crippen molar-refractivity contribution in [1.82, 2.24) is 19.5 Å². The summed E-state index contributed by atoms with van der Waals surface area (Å²) < 4.78 is 3.93. The van der Waals surface area contributed by atoms with E-state index in [2.05, 4.69) is 15.0 Å². The van der Waals surface area contributed by atoms with E-state index in [9.17, 15) is 4.79 Å². The van der Waals surface area contributed by atoms with Crippen LogP contribution in [0.25, 0.3) is 5.65 Å². The standard InChI is InChI=1S/C16H18N4OS/c1-12-11-15-19(9-10-20(15)18-12)8-7-17-16(21)13-5-3-4-6-14(13)22-2/h3-6,9-11H,7-8H2,1-2H3,(H,17,21). The Balaban J connectivity index is 1.64. The molecule has 0 fully saturated rings. The molecule has 3 rings (SSSR count). The van der Waals surface area contributed by atoms with E-state index in [1.807, 2.05) is 60.4 Å². The van der Waals surface area contributed by atoms with Crippen LogP contribution >= 0.6 is 11.8 Å². The molecular formula is C16H18N4OS. The lowest BCUT2D eigenvalue weighted by atomic mass is 10.2. The second kappa shape index (κ2) is 6.27. The lowest BCUT2D eigenvalue weighted by Crippen LogP contribution is -2.27. The number of benzene rings is 1. The highest BCUT2D eigenvalue weighted by Crippen LogP contribution is 2.19. The summed E-state index contributed by atoms with van der Waals surface area (Å²) in [4.78, 5) is 13.3. The zero-order valence-corrected chi connectivity index (χ0v) is 13.4. The first-order valence-corrected chi connectivity index (χ1v) is 8.34. The molecule has 3 aromatic rings. The number of aromatic nitrogens is 3. The van der Waals surface area contributed by atoms with Crippen LogP contribution in [0, 0.1) is 6.92 Å². The number of carbonyl (C=O) groups excluding carboxylic acids is 1. The van der Waals surface area contributed by atoms with Gasteiger partial charge in [-0.25, -0.2) is 4.52 Å². The van der Waals surface area contributed by atoms with Crippen LogP contribution in [0.4, 0.5) is 0 Å². The molecule has 0 unspecified atom stereocenters. The van der Waals surface area contributed by atoms with Crippen LogP contribution in [-0.2, 0) is 6.54 Å². The molecule has 1 amide bonds. The van der Waals surface area contributed by atoms with Crippen molar-refractivity contribution < 1.29 is 4.79 Å². The van der Waals surface area contributed by atoms with Crippen molar-refractivity contribution in [3.8, 4) is 0 Å². The summed E-state index contributed by atoms with van der Waals surface area (Å²) in [5.74, 6) is -0.0298. The van der Waals surface area contributed by atoms with Gasteiger partial charge in [0.05, 0.1) is 11.3 Å². The van der Waals surface area contributed by atoms with E-state index < -0.39 is 0 Å². The number of imidazole rings is 1. The van der Waals surface area contributed by atoms with E-state index in [-0.39, 0.29) is 5.91 Å². The Morgan fingerprint density at radius 3 is 2.95 bits per heavy atom. The van der Waals surface area contributed by atoms with Crippen molar-refractivity contribution >= 4 is 23.3 Å². The van der Waals surface area contributed by atoms with E-state index in [0.717, 1.165) is 28.3 Å². The summed E-state index contributed by atoms with van der Waals surface area (Å²) in [5, 5.41) is 7.33. The maximum Gasteiger partial charge on any atom is 0.252 e. The molecule has 0 aliphatic carbocycles. The number of rotatable bonds is 5. The first kappa shape index (κ1) is 14.7. The molecule has 5 nitrogen and oxygen atoms in total. The molecule has 2 aromatic heterocycles. The fourth-order valence-corrected chi connectivity index (χ4v) is 3.05. The fraction of sp³-hybridized carbons (Fsp3) is 0.250. The minimum absolute atomic E-state index is 0.0298. The molecule has 1 N–H and O–H groups in total. The Morgan fingerprint density at radius 1 is 1.32 bits per heavy atom. The number of hydrogen-bond donors (Lipinski definition) is 1. The fourth-order valence-electron chi connectivity index (χ4n) is 2.45. The Hall–Kier alpha value is -2.21. The van der Waals surface area contributed by atoms with Crippen LogP contribution in [0.5, 0.6) is 0 Å². The Bertz CT molecular complexity index is 805. The largest absolute Gasteiger partial charge is 0.350 e. The molecule has 0 aliphatic heterocycles. The van der Waals surface area contributed by atoms with E-state index in [0.29, 0.717) is 6.54 Å². The molecule has 6 heteroatoms. The first-order valence-electron chi connectivity index (χ1n) is 7.11. The summed E-state index contributed by atoms with van der Waals surface area (Å²) in [6.07, 6.45) is 5.88. The Labute approximate surface area is 133 Å². The zero-order valence-electron chi connectivity index (χ0n) is 12.6. The normalized spacial score (nSPS) is 11.0. The van der Waals surface area contributed by atoms with E-state index in [1.165, 1.54) is 0 Å². The molecule has 0 atom stereocenters. The molecule has 0 bridgehead atoms. The van der Waals surface area contributed by atoms with Gasteiger partial charge in [-0.3, -0.25) is 4.79 Å². The topological polar surface area (TPSA) is 51.3 Å². The monoisotopic (exact) mass is 314 g/mol. The van der Waals surface area contributed by atoms with Gasteiger partial charge in [0.2, 0.25) is 0 Å². The number of fused-ring (bicyclic) bond motifs is 1. The van der Waals surface area contributed by atoms with Crippen molar-refractivity contribution in [2.24, 2.45) is 0 Å². The third-order valence-electron chi connectivity index (χ3n) is 3.51. The second-order valence-corrected chi connectivity index (χ2v) is 5.88. The quantitative estimate of drug-likeness (QED) is 0.737. The van der Waals surface area contributed by atoms with Crippen LogP contribution in [0.15, 0.2) is 47.6 Å². The molecule has 1 aromatic carbocycles. The number of hydrogen-bond acceptors (Lipinski definition) is 3. The smallest absolute Gasteiger partial charge is 0.252 e. The molecule has 0 saturated heterocycles. The Kier molecular flexibility index (Phi) is 4.20. The van der Waals surface area contributed by atoms with Crippen molar-refractivity contribution in [3.63, 3.8) is 0 Å². The van der Waals surface area contributed by atoms with E-state index >= 15 is 0 Å². The maximum absolute atomic E-state index is 12.3. The number of thioether (sulfide) groups is 1. The summed E-state index contributed by atoms with van der Waals surface area (Å²) in [7, 11) is 0. The van der Waals surface area contributed by atoms with Gasteiger partial charge in [-0.15, -0.1) is 11.8 Å². The minimum atomic E-state index is -0.0298. The van der Waals surface area contributed by atoms with E-state index in [1.54, 1.807) is 11.8 Å². The summed E-state index contributed by atoms with van der Waals surface area (Å²) in [5.41, 5.74) is 2.76. The van der Waals surface area contributed by atoms with Crippen LogP contribution in [0.3, 0.4) is 0 Å². The Morgan fingerprint density at radius 2 is 2.14 bits per heavy atom. The summed E-state index contributed by atoms with van der Waals surface area (Å²) >= 11 is 1.58. The minimum Gasteiger partial charge on any atom is -0.350 e. The molecule has 0 saturated carbocycles. The number of carbonyl (C=O) groups is 1. The first-order chi connectivity index (χ1) is 10.7. The molecule has 0 spiro atoms. The van der Waals surface area contributed by atoms with Gasteiger partial charge in [-0.05, 0) is 25.3 Å². The van der Waals surface area contributed by atoms with Gasteiger partial charge in [0.1, 0.15) is 5.65 Å². The van der Waals surface area contributed by atoms with Crippen molar-refractivity contribution in [2.45, 2.75) is 18.4 Å². The van der Waals surface area contributed by atoms with Gasteiger partial charge in [-0.2, -0.15) is 5.10 Å². The third-order valence-corrected chi connectivity index (χ3v) is 4.31. The maximum atomic E-state index is 12.3. The number of amides is 1. The average molecular weight is 314 g/mol. The molecule has 114 valence electrons. The van der Waals surface area contributed by atoms with Crippen molar-refractivity contribution in [3.05, 3.63) is 54.0 Å². The molecular weight excluding hydrogens is 296 g/mol. The highest BCUT2D eigenvalue weighted by molar-refractivity contribution is 7.98. The lowest BCUT2D eigenvalue weighted by molar-refractivity contribution is 0.0949. The van der Waals surface area contributed by atoms with Gasteiger partial charge >= 0.3 is 0 Å². The van der Waals surface area contributed by atoms with Crippen LogP contribution < -0.4 is 5.32 Å². The van der Waals surface area contributed by atoms with Gasteiger partial charge in [0.25, 0.3) is 5.91 Å².